The summed E-state index contributed by atoms with van der Waals surface area (Å²) in [5.41, 5.74) is 0.930. The lowest BCUT2D eigenvalue weighted by Gasteiger charge is -2.29. The number of benzene rings is 3. The summed E-state index contributed by atoms with van der Waals surface area (Å²) in [7, 11) is 0. The van der Waals surface area contributed by atoms with E-state index in [2.05, 4.69) is 5.32 Å². The summed E-state index contributed by atoms with van der Waals surface area (Å²) < 4.78 is 5.76. The standard InChI is InChI=1S/C23H16N2O4S/c26-17-6-4-5-15(13-17)14-20-21(27)24-23(30)25(22(20)28)16-9-11-19(12-10-16)29-18-7-2-1-3-8-18/h1-14,26H,(H,24,27,30)/b20-14+. The largest absolute Gasteiger partial charge is 0.508 e. The predicted octanol–water partition coefficient (Wildman–Crippen LogP) is 4.02. The van der Waals surface area contributed by atoms with E-state index in [0.29, 0.717) is 22.7 Å². The van der Waals surface area contributed by atoms with Gasteiger partial charge in [-0.05, 0) is 72.4 Å². The first-order valence-electron chi connectivity index (χ1n) is 9.05. The minimum absolute atomic E-state index is 0.00483. The van der Waals surface area contributed by atoms with Gasteiger partial charge in [0.05, 0.1) is 5.69 Å². The van der Waals surface area contributed by atoms with Crippen molar-refractivity contribution >= 4 is 40.9 Å². The number of anilines is 1. The zero-order chi connectivity index (χ0) is 21.1. The van der Waals surface area contributed by atoms with Crippen LogP contribution in [0, 0.1) is 0 Å². The van der Waals surface area contributed by atoms with Crippen LogP contribution in [0.3, 0.4) is 0 Å². The quantitative estimate of drug-likeness (QED) is 0.382. The number of rotatable bonds is 4. The number of hydrogen-bond donors (Lipinski definition) is 2. The highest BCUT2D eigenvalue weighted by Gasteiger charge is 2.34. The predicted molar refractivity (Wildman–Crippen MR) is 117 cm³/mol. The van der Waals surface area contributed by atoms with Gasteiger partial charge in [0.2, 0.25) is 0 Å². The molecule has 0 spiro atoms. The van der Waals surface area contributed by atoms with E-state index in [-0.39, 0.29) is 16.4 Å². The van der Waals surface area contributed by atoms with Crippen LogP contribution in [0.1, 0.15) is 5.56 Å². The van der Waals surface area contributed by atoms with Crippen LogP contribution in [0.4, 0.5) is 5.69 Å². The van der Waals surface area contributed by atoms with Crippen LogP contribution in [-0.4, -0.2) is 22.0 Å². The smallest absolute Gasteiger partial charge is 0.270 e. The first-order chi connectivity index (χ1) is 14.5. The van der Waals surface area contributed by atoms with E-state index in [1.165, 1.54) is 23.1 Å². The number of nitrogens with one attached hydrogen (secondary N) is 1. The Balaban J connectivity index is 1.60. The molecule has 2 amide bonds. The van der Waals surface area contributed by atoms with E-state index < -0.39 is 11.8 Å². The molecule has 0 aromatic heterocycles. The Hall–Kier alpha value is -3.97. The average molecular weight is 416 g/mol. The molecule has 2 N–H and O–H groups in total. The summed E-state index contributed by atoms with van der Waals surface area (Å²) >= 11 is 5.21. The molecule has 1 heterocycles. The van der Waals surface area contributed by atoms with E-state index in [4.69, 9.17) is 17.0 Å². The molecule has 0 unspecified atom stereocenters. The normalized spacial score (nSPS) is 15.3. The van der Waals surface area contributed by atoms with Crippen LogP contribution in [0.2, 0.25) is 0 Å². The number of phenols is 1. The molecule has 3 aromatic carbocycles. The van der Waals surface area contributed by atoms with Crippen molar-refractivity contribution in [3.63, 3.8) is 0 Å². The molecule has 1 fully saturated rings. The third-order valence-electron chi connectivity index (χ3n) is 4.36. The van der Waals surface area contributed by atoms with Gasteiger partial charge in [0.25, 0.3) is 11.8 Å². The van der Waals surface area contributed by atoms with Crippen molar-refractivity contribution in [2.24, 2.45) is 0 Å². The molecule has 30 heavy (non-hydrogen) atoms. The lowest BCUT2D eigenvalue weighted by atomic mass is 10.1. The molecule has 6 nitrogen and oxygen atoms in total. The number of amides is 2. The van der Waals surface area contributed by atoms with Crippen molar-refractivity contribution in [3.8, 4) is 17.2 Å². The fourth-order valence-electron chi connectivity index (χ4n) is 2.96. The fourth-order valence-corrected chi connectivity index (χ4v) is 3.24. The summed E-state index contributed by atoms with van der Waals surface area (Å²) in [6, 6.07) is 22.4. The van der Waals surface area contributed by atoms with Crippen molar-refractivity contribution in [2.45, 2.75) is 0 Å². The number of carbonyl (C=O) groups excluding carboxylic acids is 2. The number of aromatic hydroxyl groups is 1. The molecule has 0 atom stereocenters. The van der Waals surface area contributed by atoms with Crippen LogP contribution < -0.4 is 15.0 Å². The fraction of sp³-hybridized carbons (Fsp3) is 0. The molecule has 0 radical (unpaired) electrons. The molecular formula is C23H16N2O4S. The highest BCUT2D eigenvalue weighted by atomic mass is 32.1. The minimum atomic E-state index is -0.589. The Labute approximate surface area is 178 Å². The Morgan fingerprint density at radius 2 is 1.60 bits per heavy atom. The highest BCUT2D eigenvalue weighted by molar-refractivity contribution is 7.80. The van der Waals surface area contributed by atoms with Crippen LogP contribution in [-0.2, 0) is 9.59 Å². The first kappa shape index (κ1) is 19.4. The molecule has 1 aliphatic heterocycles. The maximum absolute atomic E-state index is 13.0. The minimum Gasteiger partial charge on any atom is -0.508 e. The second-order valence-electron chi connectivity index (χ2n) is 6.46. The van der Waals surface area contributed by atoms with E-state index >= 15 is 0 Å². The maximum Gasteiger partial charge on any atom is 0.270 e. The average Bonchev–Trinajstić information content (AvgIpc) is 2.73. The zero-order valence-electron chi connectivity index (χ0n) is 15.6. The summed E-state index contributed by atoms with van der Waals surface area (Å²) in [4.78, 5) is 26.6. The molecule has 0 bridgehead atoms. The van der Waals surface area contributed by atoms with Gasteiger partial charge in [0.15, 0.2) is 5.11 Å². The lowest BCUT2D eigenvalue weighted by molar-refractivity contribution is -0.122. The van der Waals surface area contributed by atoms with Gasteiger partial charge in [-0.1, -0.05) is 30.3 Å². The number of para-hydroxylation sites is 1. The number of carbonyl (C=O) groups is 2. The van der Waals surface area contributed by atoms with Gasteiger partial charge in [-0.15, -0.1) is 0 Å². The lowest BCUT2D eigenvalue weighted by Crippen LogP contribution is -2.54. The molecule has 1 saturated heterocycles. The first-order valence-corrected chi connectivity index (χ1v) is 9.45. The number of hydrogen-bond acceptors (Lipinski definition) is 5. The van der Waals surface area contributed by atoms with Crippen molar-refractivity contribution < 1.29 is 19.4 Å². The topological polar surface area (TPSA) is 78.9 Å². The molecular weight excluding hydrogens is 400 g/mol. The maximum atomic E-state index is 13.0. The van der Waals surface area contributed by atoms with Crippen molar-refractivity contribution in [1.29, 1.82) is 0 Å². The number of thiocarbonyl (C=S) groups is 1. The van der Waals surface area contributed by atoms with Gasteiger partial charge in [-0.3, -0.25) is 19.8 Å². The molecule has 3 aromatic rings. The summed E-state index contributed by atoms with van der Waals surface area (Å²) in [6.07, 6.45) is 1.42. The number of nitrogens with zero attached hydrogens (tertiary/aromatic N) is 1. The van der Waals surface area contributed by atoms with Crippen molar-refractivity contribution in [1.82, 2.24) is 5.32 Å². The van der Waals surface area contributed by atoms with Crippen molar-refractivity contribution in [3.05, 3.63) is 90.0 Å². The monoisotopic (exact) mass is 416 g/mol. The molecule has 148 valence electrons. The molecule has 4 rings (SSSR count). The Kier molecular flexibility index (Phi) is 5.28. The second kappa shape index (κ2) is 8.18. The summed E-state index contributed by atoms with van der Waals surface area (Å²) in [6.45, 7) is 0. The Morgan fingerprint density at radius 1 is 0.900 bits per heavy atom. The van der Waals surface area contributed by atoms with Gasteiger partial charge >= 0.3 is 0 Å². The van der Waals surface area contributed by atoms with E-state index in [1.54, 1.807) is 36.4 Å². The second-order valence-corrected chi connectivity index (χ2v) is 6.85. The number of phenolic OH excluding ortho intramolecular Hbond substituents is 1. The van der Waals surface area contributed by atoms with Crippen LogP contribution in [0.15, 0.2) is 84.4 Å². The van der Waals surface area contributed by atoms with Crippen LogP contribution in [0.5, 0.6) is 17.2 Å². The SMILES string of the molecule is O=C1NC(=S)N(c2ccc(Oc3ccccc3)cc2)C(=O)/C1=C/c1cccc(O)c1. The molecule has 1 aliphatic rings. The summed E-state index contributed by atoms with van der Waals surface area (Å²) in [5, 5.41) is 12.1. The van der Waals surface area contributed by atoms with E-state index in [9.17, 15) is 14.7 Å². The molecule has 0 aliphatic carbocycles. The van der Waals surface area contributed by atoms with Gasteiger partial charge in [0.1, 0.15) is 22.8 Å². The third-order valence-corrected chi connectivity index (χ3v) is 4.64. The molecule has 0 saturated carbocycles. The third kappa shape index (κ3) is 4.06. The van der Waals surface area contributed by atoms with Crippen LogP contribution >= 0.6 is 12.2 Å². The van der Waals surface area contributed by atoms with Crippen molar-refractivity contribution in [2.75, 3.05) is 4.90 Å². The summed E-state index contributed by atoms with van der Waals surface area (Å²) in [5.74, 6) is 0.185. The van der Waals surface area contributed by atoms with E-state index in [0.717, 1.165) is 0 Å². The Bertz CT molecular complexity index is 1160. The van der Waals surface area contributed by atoms with Crippen LogP contribution in [0.25, 0.3) is 6.08 Å². The van der Waals surface area contributed by atoms with Gasteiger partial charge in [-0.2, -0.15) is 0 Å². The zero-order valence-corrected chi connectivity index (χ0v) is 16.4. The highest BCUT2D eigenvalue weighted by Crippen LogP contribution is 2.27. The van der Waals surface area contributed by atoms with Gasteiger partial charge < -0.3 is 9.84 Å². The van der Waals surface area contributed by atoms with Gasteiger partial charge in [0, 0.05) is 0 Å². The number of ether oxygens (including phenoxy) is 1. The van der Waals surface area contributed by atoms with Gasteiger partial charge in [-0.25, -0.2) is 0 Å². The van der Waals surface area contributed by atoms with E-state index in [1.807, 2.05) is 30.3 Å². The Morgan fingerprint density at radius 3 is 2.30 bits per heavy atom. The molecule has 7 heteroatoms.